The van der Waals surface area contributed by atoms with Crippen molar-refractivity contribution in [3.8, 4) is 11.3 Å². The van der Waals surface area contributed by atoms with E-state index >= 15 is 0 Å². The Bertz CT molecular complexity index is 1170. The number of anilines is 2. The van der Waals surface area contributed by atoms with Gasteiger partial charge in [-0.1, -0.05) is 23.7 Å². The summed E-state index contributed by atoms with van der Waals surface area (Å²) in [5.41, 5.74) is 0.403. The summed E-state index contributed by atoms with van der Waals surface area (Å²) in [6.45, 7) is 4.28. The van der Waals surface area contributed by atoms with Gasteiger partial charge in [-0.2, -0.15) is 0 Å². The van der Waals surface area contributed by atoms with Crippen molar-refractivity contribution in [3.05, 3.63) is 64.9 Å². The second-order valence-corrected chi connectivity index (χ2v) is 8.85. The first-order valence-corrected chi connectivity index (χ1v) is 10.6. The number of carbonyl (C=O) groups excluding carboxylic acids is 1. The van der Waals surface area contributed by atoms with Crippen LogP contribution in [0.5, 0.6) is 0 Å². The van der Waals surface area contributed by atoms with Gasteiger partial charge in [-0.3, -0.25) is 4.79 Å². The summed E-state index contributed by atoms with van der Waals surface area (Å²) in [7, 11) is 0. The highest BCUT2D eigenvalue weighted by Crippen LogP contribution is 2.34. The summed E-state index contributed by atoms with van der Waals surface area (Å²) in [5, 5.41) is 13.2. The number of amides is 1. The minimum absolute atomic E-state index is 0.000376. The van der Waals surface area contributed by atoms with Gasteiger partial charge < -0.3 is 19.9 Å². The van der Waals surface area contributed by atoms with E-state index in [2.05, 4.69) is 10.3 Å². The number of carbonyl (C=O) groups is 1. The molecule has 168 valence electrons. The first-order chi connectivity index (χ1) is 15.1. The summed E-state index contributed by atoms with van der Waals surface area (Å²) < 4.78 is 29.8. The van der Waals surface area contributed by atoms with Gasteiger partial charge in [0.2, 0.25) is 5.91 Å². The molecule has 0 spiro atoms. The molecule has 1 aliphatic heterocycles. The fourth-order valence-electron chi connectivity index (χ4n) is 3.70. The van der Waals surface area contributed by atoms with E-state index in [4.69, 9.17) is 11.6 Å². The first-order valence-electron chi connectivity index (χ1n) is 10.2. The van der Waals surface area contributed by atoms with Crippen molar-refractivity contribution in [3.63, 3.8) is 0 Å². The van der Waals surface area contributed by atoms with Crippen molar-refractivity contribution in [2.75, 3.05) is 11.9 Å². The van der Waals surface area contributed by atoms with Crippen molar-refractivity contribution in [1.82, 2.24) is 14.5 Å². The molecule has 9 heteroatoms. The average Bonchev–Trinajstić information content (AvgIpc) is 3.07. The minimum Gasteiger partial charge on any atom is -0.390 e. The Morgan fingerprint density at radius 1 is 1.22 bits per heavy atom. The molecule has 6 nitrogen and oxygen atoms in total. The lowest BCUT2D eigenvalue weighted by molar-refractivity contribution is -0.136. The number of hydrogen-bond acceptors (Lipinski definition) is 4. The molecular formula is C23H23ClF2N4O2. The van der Waals surface area contributed by atoms with Gasteiger partial charge in [-0.05, 0) is 44.2 Å². The number of imidazole rings is 1. The van der Waals surface area contributed by atoms with Crippen molar-refractivity contribution in [2.45, 2.75) is 39.0 Å². The largest absolute Gasteiger partial charge is 0.390 e. The maximum Gasteiger partial charge on any atom is 0.225 e. The summed E-state index contributed by atoms with van der Waals surface area (Å²) in [6, 6.07) is 10.4. The zero-order valence-corrected chi connectivity index (χ0v) is 18.5. The Labute approximate surface area is 189 Å². The third kappa shape index (κ3) is 4.76. The van der Waals surface area contributed by atoms with Crippen LogP contribution in [-0.2, 0) is 17.9 Å². The van der Waals surface area contributed by atoms with Crippen LogP contribution in [0.25, 0.3) is 11.3 Å². The number of nitrogens with zero attached hydrogens (tertiary/aromatic N) is 3. The maximum atomic E-state index is 14.0. The molecule has 1 amide bonds. The van der Waals surface area contributed by atoms with E-state index in [1.54, 1.807) is 36.9 Å². The topological polar surface area (TPSA) is 70.4 Å². The molecule has 0 fully saturated rings. The lowest BCUT2D eigenvalue weighted by Crippen LogP contribution is -2.41. The predicted molar refractivity (Wildman–Crippen MR) is 119 cm³/mol. The fraction of sp³-hybridized carbons (Fsp3) is 0.304. The third-order valence-corrected chi connectivity index (χ3v) is 5.50. The van der Waals surface area contributed by atoms with Crippen LogP contribution in [0, 0.1) is 11.6 Å². The Balaban J connectivity index is 1.72. The number of aliphatic hydroxyl groups is 1. The fourth-order valence-corrected chi connectivity index (χ4v) is 3.82. The second kappa shape index (κ2) is 8.52. The van der Waals surface area contributed by atoms with Crippen molar-refractivity contribution >= 4 is 29.0 Å². The Morgan fingerprint density at radius 2 is 2.00 bits per heavy atom. The zero-order valence-electron chi connectivity index (χ0n) is 17.7. The lowest BCUT2D eigenvalue weighted by atomic mass is 10.0. The number of aromatic nitrogens is 2. The Kier molecular flexibility index (Phi) is 5.92. The third-order valence-electron chi connectivity index (χ3n) is 5.19. The van der Waals surface area contributed by atoms with Gasteiger partial charge in [0.15, 0.2) is 0 Å². The minimum atomic E-state index is -1.11. The highest BCUT2D eigenvalue weighted by atomic mass is 35.5. The van der Waals surface area contributed by atoms with Crippen LogP contribution in [-0.4, -0.2) is 37.6 Å². The van der Waals surface area contributed by atoms with Gasteiger partial charge in [-0.25, -0.2) is 13.8 Å². The van der Waals surface area contributed by atoms with Crippen molar-refractivity contribution in [2.24, 2.45) is 0 Å². The molecule has 0 saturated carbocycles. The monoisotopic (exact) mass is 460 g/mol. The van der Waals surface area contributed by atoms with E-state index in [9.17, 15) is 18.7 Å². The van der Waals surface area contributed by atoms with Crippen LogP contribution in [0.2, 0.25) is 5.02 Å². The maximum absolute atomic E-state index is 14.0. The molecule has 2 N–H and O–H groups in total. The van der Waals surface area contributed by atoms with E-state index in [0.29, 0.717) is 41.7 Å². The molecule has 0 saturated heterocycles. The Morgan fingerprint density at radius 3 is 2.69 bits per heavy atom. The molecule has 2 heterocycles. The molecule has 32 heavy (non-hydrogen) atoms. The number of halogens is 3. The van der Waals surface area contributed by atoms with Crippen LogP contribution in [0.15, 0.2) is 42.5 Å². The van der Waals surface area contributed by atoms with E-state index in [0.717, 1.165) is 0 Å². The van der Waals surface area contributed by atoms with Gasteiger partial charge in [0.1, 0.15) is 29.0 Å². The van der Waals surface area contributed by atoms with Crippen LogP contribution in [0.4, 0.5) is 20.3 Å². The van der Waals surface area contributed by atoms with Crippen LogP contribution >= 0.6 is 11.6 Å². The molecule has 4 rings (SSSR count). The van der Waals surface area contributed by atoms with Gasteiger partial charge in [0.25, 0.3) is 0 Å². The molecular weight excluding hydrogens is 438 g/mol. The molecule has 0 bridgehead atoms. The quantitative estimate of drug-likeness (QED) is 0.577. The molecule has 2 aromatic carbocycles. The summed E-state index contributed by atoms with van der Waals surface area (Å²) in [5.74, 6) is 0.0384. The molecule has 0 unspecified atom stereocenters. The standard InChI is InChI=1S/C23H23ClF2N4O2/c1-23(2,32)12-20(31)29-8-9-30-19(13-29)28-21(14-4-3-5-15(25)10-14)22(30)27-16-6-7-17(24)18(26)11-16/h3-7,10-11,27,32H,8-9,12-13H2,1-2H3. The zero-order chi connectivity index (χ0) is 23.0. The SMILES string of the molecule is CC(C)(O)CC(=O)N1CCn2c(nc(-c3cccc(F)c3)c2Nc2ccc(Cl)c(F)c2)C1. The van der Waals surface area contributed by atoms with Crippen molar-refractivity contribution in [1.29, 1.82) is 0 Å². The van der Waals surface area contributed by atoms with E-state index < -0.39 is 17.2 Å². The van der Waals surface area contributed by atoms with Gasteiger partial charge in [-0.15, -0.1) is 0 Å². The molecule has 1 aliphatic rings. The average molecular weight is 461 g/mol. The van der Waals surface area contributed by atoms with Gasteiger partial charge in [0, 0.05) is 24.3 Å². The van der Waals surface area contributed by atoms with E-state index in [1.807, 2.05) is 4.57 Å². The van der Waals surface area contributed by atoms with Crippen LogP contribution < -0.4 is 5.32 Å². The predicted octanol–water partition coefficient (Wildman–Crippen LogP) is 4.73. The van der Waals surface area contributed by atoms with Crippen LogP contribution in [0.1, 0.15) is 26.1 Å². The number of hydrogen-bond donors (Lipinski definition) is 2. The summed E-state index contributed by atoms with van der Waals surface area (Å²) >= 11 is 5.80. The number of benzene rings is 2. The summed E-state index contributed by atoms with van der Waals surface area (Å²) in [4.78, 5) is 18.9. The van der Waals surface area contributed by atoms with Gasteiger partial charge >= 0.3 is 0 Å². The summed E-state index contributed by atoms with van der Waals surface area (Å²) in [6.07, 6.45) is -0.000376. The normalized spacial score (nSPS) is 13.8. The van der Waals surface area contributed by atoms with E-state index in [1.165, 1.54) is 24.3 Å². The van der Waals surface area contributed by atoms with E-state index in [-0.39, 0.29) is 23.9 Å². The highest BCUT2D eigenvalue weighted by molar-refractivity contribution is 6.30. The molecule has 0 radical (unpaired) electrons. The number of fused-ring (bicyclic) bond motifs is 1. The number of nitrogens with one attached hydrogen (secondary N) is 1. The second-order valence-electron chi connectivity index (χ2n) is 8.45. The molecule has 3 aromatic rings. The van der Waals surface area contributed by atoms with Crippen LogP contribution in [0.3, 0.4) is 0 Å². The Hall–Kier alpha value is -2.97. The molecule has 0 aliphatic carbocycles. The van der Waals surface area contributed by atoms with Gasteiger partial charge in [0.05, 0.1) is 23.6 Å². The highest BCUT2D eigenvalue weighted by Gasteiger charge is 2.29. The molecule has 0 atom stereocenters. The lowest BCUT2D eigenvalue weighted by Gasteiger charge is -2.30. The van der Waals surface area contributed by atoms with Crippen molar-refractivity contribution < 1.29 is 18.7 Å². The smallest absolute Gasteiger partial charge is 0.225 e. The first kappa shape index (κ1) is 22.2. The molecule has 1 aromatic heterocycles. The number of rotatable bonds is 5.